The minimum absolute atomic E-state index is 0.624. The molecular formula is C18H36. The standard InChI is InChI=1S/C18H36/c1-6-8-9-10-11-14-18(5,16(4)7-2)17-13-12-15(17)3/h15-17H,6-14H2,1-5H3. The van der Waals surface area contributed by atoms with Gasteiger partial charge in [-0.3, -0.25) is 0 Å². The number of rotatable bonds is 9. The molecule has 0 aromatic carbocycles. The van der Waals surface area contributed by atoms with Crippen molar-refractivity contribution in [3.63, 3.8) is 0 Å². The molecule has 18 heavy (non-hydrogen) atoms. The van der Waals surface area contributed by atoms with Gasteiger partial charge in [0.1, 0.15) is 0 Å². The van der Waals surface area contributed by atoms with E-state index in [1.807, 2.05) is 0 Å². The van der Waals surface area contributed by atoms with Gasteiger partial charge in [-0.2, -0.15) is 0 Å². The van der Waals surface area contributed by atoms with Crippen LogP contribution in [0, 0.1) is 23.2 Å². The lowest BCUT2D eigenvalue weighted by Crippen LogP contribution is -2.42. The maximum Gasteiger partial charge on any atom is -0.0269 e. The summed E-state index contributed by atoms with van der Waals surface area (Å²) in [6.07, 6.45) is 13.0. The largest absolute Gasteiger partial charge is 0.0654 e. The van der Waals surface area contributed by atoms with E-state index < -0.39 is 0 Å². The summed E-state index contributed by atoms with van der Waals surface area (Å²) in [7, 11) is 0. The smallest absolute Gasteiger partial charge is 0.0269 e. The van der Waals surface area contributed by atoms with Crippen molar-refractivity contribution >= 4 is 0 Å². The van der Waals surface area contributed by atoms with Crippen LogP contribution in [0.4, 0.5) is 0 Å². The number of hydrogen-bond donors (Lipinski definition) is 0. The molecule has 0 heteroatoms. The first-order valence-electron chi connectivity index (χ1n) is 8.56. The van der Waals surface area contributed by atoms with Gasteiger partial charge in [0.2, 0.25) is 0 Å². The Kier molecular flexibility index (Phi) is 6.74. The maximum atomic E-state index is 2.60. The summed E-state index contributed by atoms with van der Waals surface area (Å²) in [6, 6.07) is 0. The van der Waals surface area contributed by atoms with Crippen LogP contribution in [0.1, 0.15) is 92.4 Å². The zero-order chi connectivity index (χ0) is 13.6. The van der Waals surface area contributed by atoms with Crippen molar-refractivity contribution in [2.75, 3.05) is 0 Å². The van der Waals surface area contributed by atoms with E-state index in [1.54, 1.807) is 0 Å². The van der Waals surface area contributed by atoms with Crippen LogP contribution in [0.3, 0.4) is 0 Å². The summed E-state index contributed by atoms with van der Waals surface area (Å²) in [6.45, 7) is 12.3. The third-order valence-electron chi connectivity index (χ3n) is 6.02. The van der Waals surface area contributed by atoms with E-state index in [9.17, 15) is 0 Å². The molecule has 0 N–H and O–H groups in total. The van der Waals surface area contributed by atoms with Crippen LogP contribution in [0.2, 0.25) is 0 Å². The highest BCUT2D eigenvalue weighted by Gasteiger charge is 2.44. The van der Waals surface area contributed by atoms with E-state index in [0.717, 1.165) is 17.8 Å². The van der Waals surface area contributed by atoms with Gasteiger partial charge in [-0.05, 0) is 36.0 Å². The van der Waals surface area contributed by atoms with Gasteiger partial charge < -0.3 is 0 Å². The van der Waals surface area contributed by atoms with Gasteiger partial charge in [0.15, 0.2) is 0 Å². The first kappa shape index (κ1) is 16.1. The van der Waals surface area contributed by atoms with Gasteiger partial charge in [0.05, 0.1) is 0 Å². The minimum Gasteiger partial charge on any atom is -0.0654 e. The highest BCUT2D eigenvalue weighted by molar-refractivity contribution is 4.94. The average molecular weight is 252 g/mol. The molecule has 1 rings (SSSR count). The van der Waals surface area contributed by atoms with Gasteiger partial charge in [0.25, 0.3) is 0 Å². The van der Waals surface area contributed by atoms with E-state index in [4.69, 9.17) is 0 Å². The second-order valence-electron chi connectivity index (χ2n) is 7.14. The maximum absolute atomic E-state index is 2.60. The van der Waals surface area contributed by atoms with Crippen LogP contribution in [0.5, 0.6) is 0 Å². The van der Waals surface area contributed by atoms with E-state index in [2.05, 4.69) is 34.6 Å². The van der Waals surface area contributed by atoms with Crippen molar-refractivity contribution in [1.29, 1.82) is 0 Å². The molecule has 0 bridgehead atoms. The SMILES string of the molecule is CCCCCCCC(C)(C(C)CC)C1CCC1C. The van der Waals surface area contributed by atoms with Crippen molar-refractivity contribution in [3.8, 4) is 0 Å². The topological polar surface area (TPSA) is 0 Å². The molecule has 1 aliphatic carbocycles. The fraction of sp³-hybridized carbons (Fsp3) is 1.00. The van der Waals surface area contributed by atoms with Crippen LogP contribution in [-0.2, 0) is 0 Å². The predicted molar refractivity (Wildman–Crippen MR) is 82.8 cm³/mol. The molecule has 0 aromatic rings. The zero-order valence-corrected chi connectivity index (χ0v) is 13.6. The zero-order valence-electron chi connectivity index (χ0n) is 13.6. The molecular weight excluding hydrogens is 216 g/mol. The molecule has 0 nitrogen and oxygen atoms in total. The summed E-state index contributed by atoms with van der Waals surface area (Å²) < 4.78 is 0. The normalized spacial score (nSPS) is 28.5. The lowest BCUT2D eigenvalue weighted by atomic mass is 9.54. The average Bonchev–Trinajstić information content (AvgIpc) is 2.35. The quantitative estimate of drug-likeness (QED) is 0.414. The first-order valence-corrected chi connectivity index (χ1v) is 8.56. The fourth-order valence-electron chi connectivity index (χ4n) is 4.02. The predicted octanol–water partition coefficient (Wildman–Crippen LogP) is 6.45. The molecule has 0 heterocycles. The van der Waals surface area contributed by atoms with Crippen LogP contribution in [0.25, 0.3) is 0 Å². The molecule has 0 radical (unpaired) electrons. The van der Waals surface area contributed by atoms with E-state index in [0.29, 0.717) is 5.41 Å². The van der Waals surface area contributed by atoms with Gasteiger partial charge in [-0.25, -0.2) is 0 Å². The van der Waals surface area contributed by atoms with Gasteiger partial charge in [0, 0.05) is 0 Å². The Bertz CT molecular complexity index is 220. The van der Waals surface area contributed by atoms with Crippen LogP contribution < -0.4 is 0 Å². The molecule has 0 spiro atoms. The lowest BCUT2D eigenvalue weighted by molar-refractivity contribution is -0.0132. The molecule has 4 atom stereocenters. The molecule has 4 unspecified atom stereocenters. The second kappa shape index (κ2) is 7.56. The molecule has 0 aromatic heterocycles. The minimum atomic E-state index is 0.624. The third-order valence-corrected chi connectivity index (χ3v) is 6.02. The molecule has 1 fully saturated rings. The Hall–Kier alpha value is 0. The molecule has 1 aliphatic rings. The summed E-state index contributed by atoms with van der Waals surface area (Å²) >= 11 is 0. The highest BCUT2D eigenvalue weighted by Crippen LogP contribution is 2.53. The fourth-order valence-corrected chi connectivity index (χ4v) is 4.02. The van der Waals surface area contributed by atoms with E-state index >= 15 is 0 Å². The van der Waals surface area contributed by atoms with Crippen LogP contribution in [0.15, 0.2) is 0 Å². The third kappa shape index (κ3) is 3.75. The number of unbranched alkanes of at least 4 members (excludes halogenated alkanes) is 4. The van der Waals surface area contributed by atoms with E-state index in [-0.39, 0.29) is 0 Å². The summed E-state index contributed by atoms with van der Waals surface area (Å²) in [5.74, 6) is 2.90. The summed E-state index contributed by atoms with van der Waals surface area (Å²) in [5, 5.41) is 0. The van der Waals surface area contributed by atoms with Crippen molar-refractivity contribution < 1.29 is 0 Å². The lowest BCUT2D eigenvalue weighted by Gasteiger charge is -2.51. The van der Waals surface area contributed by atoms with Gasteiger partial charge >= 0.3 is 0 Å². The van der Waals surface area contributed by atoms with Crippen molar-refractivity contribution in [1.82, 2.24) is 0 Å². The Labute approximate surface area is 116 Å². The molecule has 0 amide bonds. The molecule has 0 saturated heterocycles. The first-order chi connectivity index (χ1) is 8.56. The molecule has 0 aliphatic heterocycles. The van der Waals surface area contributed by atoms with Gasteiger partial charge in [-0.1, -0.05) is 79.6 Å². The molecule has 108 valence electrons. The van der Waals surface area contributed by atoms with E-state index in [1.165, 1.54) is 57.8 Å². The molecule has 1 saturated carbocycles. The summed E-state index contributed by atoms with van der Waals surface area (Å²) in [5.41, 5.74) is 0.624. The Balaban J connectivity index is 2.45. The Morgan fingerprint density at radius 3 is 2.17 bits per heavy atom. The Morgan fingerprint density at radius 2 is 1.72 bits per heavy atom. The Morgan fingerprint density at radius 1 is 1.06 bits per heavy atom. The second-order valence-corrected chi connectivity index (χ2v) is 7.14. The van der Waals surface area contributed by atoms with Crippen molar-refractivity contribution in [3.05, 3.63) is 0 Å². The summed E-state index contributed by atoms with van der Waals surface area (Å²) in [4.78, 5) is 0. The number of hydrogen-bond acceptors (Lipinski definition) is 0. The van der Waals surface area contributed by atoms with Crippen molar-refractivity contribution in [2.24, 2.45) is 23.2 Å². The van der Waals surface area contributed by atoms with Crippen molar-refractivity contribution in [2.45, 2.75) is 92.4 Å². The van der Waals surface area contributed by atoms with Gasteiger partial charge in [-0.15, -0.1) is 0 Å². The highest BCUT2D eigenvalue weighted by atomic mass is 14.5. The monoisotopic (exact) mass is 252 g/mol. The van der Waals surface area contributed by atoms with Crippen LogP contribution >= 0.6 is 0 Å². The van der Waals surface area contributed by atoms with Crippen LogP contribution in [-0.4, -0.2) is 0 Å².